The molecule has 1 heterocycles. The van der Waals surface area contributed by atoms with Crippen molar-refractivity contribution in [3.63, 3.8) is 0 Å². The highest BCUT2D eigenvalue weighted by molar-refractivity contribution is 7.09. The smallest absolute Gasteiger partial charge is 0.0898 e. The number of nitrogens with one attached hydrogen (secondary N) is 1. The molecule has 1 unspecified atom stereocenters. The Morgan fingerprint density at radius 2 is 2.24 bits per heavy atom. The molecule has 1 atom stereocenters. The second-order valence-corrected chi connectivity index (χ2v) is 5.97. The van der Waals surface area contributed by atoms with Crippen LogP contribution in [0.3, 0.4) is 0 Å². The third-order valence-electron chi connectivity index (χ3n) is 3.03. The van der Waals surface area contributed by atoms with E-state index in [9.17, 15) is 0 Å². The molecule has 0 aromatic carbocycles. The summed E-state index contributed by atoms with van der Waals surface area (Å²) in [6.07, 6.45) is 2.08. The van der Waals surface area contributed by atoms with Gasteiger partial charge in [-0.2, -0.15) is 0 Å². The number of hydrogen-bond acceptors (Lipinski definition) is 4. The predicted octanol–water partition coefficient (Wildman–Crippen LogP) is 3.31. The maximum Gasteiger partial charge on any atom is 0.0898 e. The highest BCUT2D eigenvalue weighted by atomic mass is 32.1. The highest BCUT2D eigenvalue weighted by Crippen LogP contribution is 2.25. The quantitative estimate of drug-likeness (QED) is 0.812. The number of nitrogens with zero attached hydrogens (tertiary/aromatic N) is 1. The van der Waals surface area contributed by atoms with E-state index in [1.54, 1.807) is 18.4 Å². The molecule has 0 bridgehead atoms. The van der Waals surface area contributed by atoms with Gasteiger partial charge >= 0.3 is 0 Å². The molecule has 0 saturated carbocycles. The van der Waals surface area contributed by atoms with Crippen LogP contribution in [0.2, 0.25) is 0 Å². The number of methoxy groups -OCH3 is 1. The normalized spacial score (nSPS) is 13.9. The summed E-state index contributed by atoms with van der Waals surface area (Å²) in [5, 5.41) is 6.79. The first-order chi connectivity index (χ1) is 7.98. The summed E-state index contributed by atoms with van der Waals surface area (Å²) in [7, 11) is 1.77. The SMILES string of the molecule is CCNC(CCC(C)(C)OC)c1csc(C)n1. The lowest BCUT2D eigenvalue weighted by molar-refractivity contribution is 0.0116. The summed E-state index contributed by atoms with van der Waals surface area (Å²) in [5.74, 6) is 0. The van der Waals surface area contributed by atoms with Crippen LogP contribution in [-0.2, 0) is 4.74 Å². The molecular formula is C13H24N2OS. The van der Waals surface area contributed by atoms with Gasteiger partial charge in [0.05, 0.1) is 22.3 Å². The van der Waals surface area contributed by atoms with Gasteiger partial charge in [0, 0.05) is 12.5 Å². The van der Waals surface area contributed by atoms with Crippen LogP contribution in [0.15, 0.2) is 5.38 Å². The first kappa shape index (κ1) is 14.6. The molecular weight excluding hydrogens is 232 g/mol. The standard InChI is InChI=1S/C13H24N2OS/c1-6-14-11(7-8-13(3,4)16-5)12-9-17-10(2)15-12/h9,11,14H,6-8H2,1-5H3. The molecule has 0 fully saturated rings. The zero-order valence-electron chi connectivity index (χ0n) is 11.5. The summed E-state index contributed by atoms with van der Waals surface area (Å²) in [6.45, 7) is 9.41. The van der Waals surface area contributed by atoms with Crippen molar-refractivity contribution in [3.05, 3.63) is 16.1 Å². The number of ether oxygens (including phenoxy) is 1. The lowest BCUT2D eigenvalue weighted by Crippen LogP contribution is -2.27. The second kappa shape index (κ2) is 6.47. The van der Waals surface area contributed by atoms with Gasteiger partial charge in [-0.3, -0.25) is 0 Å². The zero-order valence-corrected chi connectivity index (χ0v) is 12.4. The van der Waals surface area contributed by atoms with Crippen LogP contribution >= 0.6 is 11.3 Å². The average molecular weight is 256 g/mol. The molecule has 0 amide bonds. The van der Waals surface area contributed by atoms with Crippen LogP contribution in [0.4, 0.5) is 0 Å². The van der Waals surface area contributed by atoms with Gasteiger partial charge in [-0.1, -0.05) is 6.92 Å². The Hall–Kier alpha value is -0.450. The lowest BCUT2D eigenvalue weighted by Gasteiger charge is -2.25. The summed E-state index contributed by atoms with van der Waals surface area (Å²) < 4.78 is 5.46. The van der Waals surface area contributed by atoms with Crippen LogP contribution in [0.5, 0.6) is 0 Å². The van der Waals surface area contributed by atoms with Gasteiger partial charge in [-0.25, -0.2) is 4.98 Å². The third kappa shape index (κ3) is 4.74. The van der Waals surface area contributed by atoms with E-state index in [4.69, 9.17) is 4.74 Å². The molecule has 1 aromatic heterocycles. The number of rotatable bonds is 7. The Kier molecular flexibility index (Phi) is 5.56. The molecule has 0 radical (unpaired) electrons. The fourth-order valence-electron chi connectivity index (χ4n) is 1.74. The van der Waals surface area contributed by atoms with Gasteiger partial charge in [0.25, 0.3) is 0 Å². The number of thiazole rings is 1. The minimum Gasteiger partial charge on any atom is -0.379 e. The fraction of sp³-hybridized carbons (Fsp3) is 0.769. The van der Waals surface area contributed by atoms with Crippen molar-refractivity contribution in [2.75, 3.05) is 13.7 Å². The second-order valence-electron chi connectivity index (χ2n) is 4.90. The minimum absolute atomic E-state index is 0.0568. The molecule has 0 saturated heterocycles. The molecule has 0 aliphatic carbocycles. The van der Waals surface area contributed by atoms with Crippen molar-refractivity contribution in [2.45, 2.75) is 52.2 Å². The first-order valence-electron chi connectivity index (χ1n) is 6.19. The van der Waals surface area contributed by atoms with E-state index < -0.39 is 0 Å². The van der Waals surface area contributed by atoms with Crippen molar-refractivity contribution in [3.8, 4) is 0 Å². The van der Waals surface area contributed by atoms with E-state index in [1.165, 1.54) is 5.69 Å². The van der Waals surface area contributed by atoms with Crippen molar-refractivity contribution in [1.82, 2.24) is 10.3 Å². The Balaban J connectivity index is 2.61. The fourth-order valence-corrected chi connectivity index (χ4v) is 2.40. The predicted molar refractivity (Wildman–Crippen MR) is 73.6 cm³/mol. The zero-order chi connectivity index (χ0) is 12.9. The van der Waals surface area contributed by atoms with Crippen LogP contribution in [0.1, 0.15) is 50.4 Å². The Labute approximate surface area is 109 Å². The number of aromatic nitrogens is 1. The topological polar surface area (TPSA) is 34.1 Å². The number of aryl methyl sites for hydroxylation is 1. The summed E-state index contributed by atoms with van der Waals surface area (Å²) >= 11 is 1.72. The van der Waals surface area contributed by atoms with Gasteiger partial charge < -0.3 is 10.1 Å². The molecule has 98 valence electrons. The molecule has 0 spiro atoms. The van der Waals surface area contributed by atoms with Gasteiger partial charge in [-0.05, 0) is 40.2 Å². The van der Waals surface area contributed by atoms with Crippen LogP contribution in [0.25, 0.3) is 0 Å². The monoisotopic (exact) mass is 256 g/mol. The summed E-state index contributed by atoms with van der Waals surface area (Å²) in [4.78, 5) is 4.57. The van der Waals surface area contributed by atoms with E-state index in [2.05, 4.69) is 43.4 Å². The lowest BCUT2D eigenvalue weighted by atomic mass is 9.97. The van der Waals surface area contributed by atoms with E-state index in [0.29, 0.717) is 6.04 Å². The Morgan fingerprint density at radius 1 is 1.53 bits per heavy atom. The van der Waals surface area contributed by atoms with E-state index in [-0.39, 0.29) is 5.60 Å². The molecule has 1 rings (SSSR count). The van der Waals surface area contributed by atoms with E-state index >= 15 is 0 Å². The van der Waals surface area contributed by atoms with Crippen LogP contribution in [0, 0.1) is 6.92 Å². The Morgan fingerprint density at radius 3 is 2.71 bits per heavy atom. The van der Waals surface area contributed by atoms with Crippen LogP contribution in [-0.4, -0.2) is 24.2 Å². The Bertz CT molecular complexity index is 336. The molecule has 0 aliphatic heterocycles. The number of hydrogen-bond donors (Lipinski definition) is 1. The molecule has 4 heteroatoms. The van der Waals surface area contributed by atoms with Gasteiger partial charge in [-0.15, -0.1) is 11.3 Å². The maximum atomic E-state index is 5.46. The third-order valence-corrected chi connectivity index (χ3v) is 3.82. The first-order valence-corrected chi connectivity index (χ1v) is 7.07. The molecule has 3 nitrogen and oxygen atoms in total. The molecule has 1 aromatic rings. The van der Waals surface area contributed by atoms with Gasteiger partial charge in [0.15, 0.2) is 0 Å². The van der Waals surface area contributed by atoms with Crippen molar-refractivity contribution >= 4 is 11.3 Å². The highest BCUT2D eigenvalue weighted by Gasteiger charge is 2.21. The average Bonchev–Trinajstić information content (AvgIpc) is 2.71. The molecule has 0 aliphatic rings. The summed E-state index contributed by atoms with van der Waals surface area (Å²) in [6, 6.07) is 0.347. The minimum atomic E-state index is -0.0568. The van der Waals surface area contributed by atoms with Crippen molar-refractivity contribution in [1.29, 1.82) is 0 Å². The largest absolute Gasteiger partial charge is 0.379 e. The molecule has 1 N–H and O–H groups in total. The van der Waals surface area contributed by atoms with Crippen LogP contribution < -0.4 is 5.32 Å². The molecule has 17 heavy (non-hydrogen) atoms. The maximum absolute atomic E-state index is 5.46. The van der Waals surface area contributed by atoms with Gasteiger partial charge in [0.1, 0.15) is 0 Å². The summed E-state index contributed by atoms with van der Waals surface area (Å²) in [5.41, 5.74) is 1.11. The van der Waals surface area contributed by atoms with E-state index in [1.807, 2.05) is 0 Å². The van der Waals surface area contributed by atoms with E-state index in [0.717, 1.165) is 24.4 Å². The van der Waals surface area contributed by atoms with Gasteiger partial charge in [0.2, 0.25) is 0 Å². The van der Waals surface area contributed by atoms with Crippen molar-refractivity contribution < 1.29 is 4.74 Å². The van der Waals surface area contributed by atoms with Crippen molar-refractivity contribution in [2.24, 2.45) is 0 Å².